The van der Waals surface area contributed by atoms with Gasteiger partial charge in [0.15, 0.2) is 0 Å². The molecule has 0 aromatic carbocycles. The smallest absolute Gasteiger partial charge is 0.137 e. The van der Waals surface area contributed by atoms with Crippen molar-refractivity contribution in [3.05, 3.63) is 0 Å². The minimum Gasteiger partial charge on any atom is -0.330 e. The molecule has 0 rings (SSSR count). The van der Waals surface area contributed by atoms with Gasteiger partial charge in [0, 0.05) is 0 Å². The largest absolute Gasteiger partial charge is 0.330 e. The van der Waals surface area contributed by atoms with Crippen LogP contribution in [-0.2, 0) is 19.2 Å². The van der Waals surface area contributed by atoms with E-state index in [2.05, 4.69) is 0 Å². The van der Waals surface area contributed by atoms with Crippen LogP contribution in [0, 0.1) is 0 Å². The highest BCUT2D eigenvalue weighted by Crippen LogP contribution is 1.80. The summed E-state index contributed by atoms with van der Waals surface area (Å²) in [6.45, 7) is 7.05. The van der Waals surface area contributed by atoms with Gasteiger partial charge in [0.25, 0.3) is 0 Å². The summed E-state index contributed by atoms with van der Waals surface area (Å²) in [6.07, 6.45) is 1.11. The van der Waals surface area contributed by atoms with E-state index < -0.39 is 0 Å². The van der Waals surface area contributed by atoms with Gasteiger partial charge in [-0.25, -0.2) is 0 Å². The number of Topliss-reactive ketones (excluding diaryl/α,β-unsaturated/α-hetero) is 4. The van der Waals surface area contributed by atoms with Crippen LogP contribution in [0.1, 0.15) is 47.0 Å². The predicted octanol–water partition coefficient (Wildman–Crippen LogP) is 0.403. The van der Waals surface area contributed by atoms with Crippen LogP contribution in [-0.4, -0.2) is 36.2 Å². The minimum absolute atomic E-state index is 0.0625. The molecule has 0 aliphatic heterocycles. The summed E-state index contributed by atoms with van der Waals surface area (Å²) in [5.41, 5.74) is 10.1. The van der Waals surface area contributed by atoms with Gasteiger partial charge in [-0.15, -0.1) is 0 Å². The summed E-state index contributed by atoms with van der Waals surface area (Å²) in [4.78, 5) is 40.1. The maximum atomic E-state index is 10.0. The first-order chi connectivity index (χ1) is 8.67. The van der Waals surface area contributed by atoms with Crippen LogP contribution in [0.3, 0.4) is 0 Å². The molecule has 0 bridgehead atoms. The Bertz CT molecular complexity index is 236. The van der Waals surface area contributed by atoms with Gasteiger partial charge < -0.3 is 11.5 Å². The molecule has 0 saturated carbocycles. The fourth-order valence-corrected chi connectivity index (χ4v) is 0.819. The lowest BCUT2D eigenvalue weighted by atomic mass is 10.2. The van der Waals surface area contributed by atoms with E-state index in [4.69, 9.17) is 11.5 Å². The van der Waals surface area contributed by atoms with Crippen LogP contribution in [0.5, 0.6) is 0 Å². The Morgan fingerprint density at radius 1 is 0.632 bits per heavy atom. The fraction of sp³-hybridized carbons (Fsp3) is 0.692. The maximum Gasteiger partial charge on any atom is 0.137 e. The Labute approximate surface area is 114 Å². The van der Waals surface area contributed by atoms with Crippen molar-refractivity contribution in [3.63, 3.8) is 0 Å². The van der Waals surface area contributed by atoms with Gasteiger partial charge in [-0.05, 0) is 47.2 Å². The van der Waals surface area contributed by atoms with Crippen molar-refractivity contribution in [1.29, 1.82) is 0 Å². The van der Waals surface area contributed by atoms with Gasteiger partial charge in [-0.1, -0.05) is 0 Å². The van der Waals surface area contributed by atoms with Crippen molar-refractivity contribution in [2.24, 2.45) is 11.5 Å². The van der Waals surface area contributed by atoms with Crippen LogP contribution in [0.4, 0.5) is 0 Å². The molecule has 0 amide bonds. The van der Waals surface area contributed by atoms with E-state index in [0.29, 0.717) is 0 Å². The van der Waals surface area contributed by atoms with Crippen molar-refractivity contribution < 1.29 is 19.2 Å². The first-order valence-electron chi connectivity index (χ1n) is 6.05. The number of carbonyl (C=O) groups is 4. The molecule has 6 nitrogen and oxygen atoms in total. The van der Waals surface area contributed by atoms with Gasteiger partial charge >= 0.3 is 0 Å². The topological polar surface area (TPSA) is 120 Å². The minimum atomic E-state index is -0.0625. The molecule has 19 heavy (non-hydrogen) atoms. The lowest BCUT2D eigenvalue weighted by Gasteiger charge is -1.81. The molecule has 0 aromatic rings. The van der Waals surface area contributed by atoms with Crippen molar-refractivity contribution >= 4 is 23.1 Å². The van der Waals surface area contributed by atoms with E-state index in [1.807, 2.05) is 0 Å². The summed E-state index contributed by atoms with van der Waals surface area (Å²) in [5.74, 6) is -0.250. The number of ketones is 4. The zero-order chi connectivity index (χ0) is 15.8. The molecule has 4 N–H and O–H groups in total. The first kappa shape index (κ1) is 22.8. The van der Waals surface area contributed by atoms with Gasteiger partial charge in [0.1, 0.15) is 23.1 Å². The van der Waals surface area contributed by atoms with Crippen molar-refractivity contribution in [2.45, 2.75) is 47.0 Å². The number of nitrogens with two attached hydrogens (primary N) is 2. The highest BCUT2D eigenvalue weighted by molar-refractivity contribution is 5.97. The third kappa shape index (κ3) is 47.8. The normalized spacial score (nSPS) is 8.32. The molecule has 0 saturated heterocycles. The quantitative estimate of drug-likeness (QED) is 0.676. The number of rotatable bonds is 6. The Hall–Kier alpha value is -1.40. The fourth-order valence-electron chi connectivity index (χ4n) is 0.819. The van der Waals surface area contributed by atoms with E-state index in [1.165, 1.54) is 27.7 Å². The van der Waals surface area contributed by atoms with Gasteiger partial charge in [0.05, 0.1) is 12.8 Å². The molecule has 0 aliphatic rings. The van der Waals surface area contributed by atoms with Crippen molar-refractivity contribution in [3.8, 4) is 0 Å². The van der Waals surface area contributed by atoms with E-state index in [-0.39, 0.29) is 36.0 Å². The summed E-state index contributed by atoms with van der Waals surface area (Å²) in [6, 6.07) is 0. The monoisotopic (exact) mass is 274 g/mol. The molecule has 112 valence electrons. The second-order valence-corrected chi connectivity index (χ2v) is 4.09. The predicted molar refractivity (Wildman–Crippen MR) is 74.7 cm³/mol. The first-order valence-corrected chi connectivity index (χ1v) is 6.05. The third-order valence-electron chi connectivity index (χ3n) is 1.40. The van der Waals surface area contributed by atoms with Crippen LogP contribution >= 0.6 is 0 Å². The molecule has 0 heterocycles. The van der Waals surface area contributed by atoms with E-state index in [9.17, 15) is 19.2 Å². The zero-order valence-electron chi connectivity index (χ0n) is 12.3. The lowest BCUT2D eigenvalue weighted by Crippen LogP contribution is -2.06. The summed E-state index contributed by atoms with van der Waals surface area (Å²) in [7, 11) is 0. The second kappa shape index (κ2) is 16.6. The standard InChI is InChI=1S/2C5H8O2.C3H10N2/c2*1-4(6)3-5(2)7;4-2-1-3-5/h2*3H2,1-2H3;1-5H2. The lowest BCUT2D eigenvalue weighted by molar-refractivity contribution is -0.126. The Kier molecular flexibility index (Phi) is 19.9. The second-order valence-electron chi connectivity index (χ2n) is 4.09. The van der Waals surface area contributed by atoms with Crippen LogP contribution in [0.2, 0.25) is 0 Å². The Balaban J connectivity index is -0.000000206. The number of hydrogen-bond acceptors (Lipinski definition) is 6. The molecule has 0 unspecified atom stereocenters. The Morgan fingerprint density at radius 3 is 0.842 bits per heavy atom. The summed E-state index contributed by atoms with van der Waals surface area (Å²) < 4.78 is 0. The molecule has 0 aliphatic carbocycles. The van der Waals surface area contributed by atoms with Crippen molar-refractivity contribution in [1.82, 2.24) is 0 Å². The van der Waals surface area contributed by atoms with E-state index in [1.54, 1.807) is 0 Å². The van der Waals surface area contributed by atoms with Crippen molar-refractivity contribution in [2.75, 3.05) is 13.1 Å². The molecular weight excluding hydrogens is 248 g/mol. The molecule has 0 atom stereocenters. The highest BCUT2D eigenvalue weighted by Gasteiger charge is 1.95. The number of carbonyl (C=O) groups excluding carboxylic acids is 4. The highest BCUT2D eigenvalue weighted by atomic mass is 16.2. The van der Waals surface area contributed by atoms with Gasteiger partial charge in [-0.3, -0.25) is 19.2 Å². The number of hydrogen-bond donors (Lipinski definition) is 2. The average Bonchev–Trinajstić information content (AvgIpc) is 2.15. The molecule has 0 aromatic heterocycles. The van der Waals surface area contributed by atoms with E-state index in [0.717, 1.165) is 19.5 Å². The average molecular weight is 274 g/mol. The molecular formula is C13H26N2O4. The van der Waals surface area contributed by atoms with Gasteiger partial charge in [0.2, 0.25) is 0 Å². The van der Waals surface area contributed by atoms with Crippen LogP contribution < -0.4 is 11.5 Å². The molecule has 0 spiro atoms. The molecule has 0 radical (unpaired) electrons. The van der Waals surface area contributed by atoms with E-state index >= 15 is 0 Å². The van der Waals surface area contributed by atoms with Crippen LogP contribution in [0.25, 0.3) is 0 Å². The van der Waals surface area contributed by atoms with Gasteiger partial charge in [-0.2, -0.15) is 0 Å². The third-order valence-corrected chi connectivity index (χ3v) is 1.40. The Morgan fingerprint density at radius 2 is 0.842 bits per heavy atom. The SMILES string of the molecule is CC(=O)CC(C)=O.CC(=O)CC(C)=O.NCCCN. The maximum absolute atomic E-state index is 10.0. The molecule has 0 fully saturated rings. The molecule has 6 heteroatoms. The summed E-state index contributed by atoms with van der Waals surface area (Å²) >= 11 is 0. The van der Waals surface area contributed by atoms with Crippen LogP contribution in [0.15, 0.2) is 0 Å². The summed E-state index contributed by atoms with van der Waals surface area (Å²) in [5, 5.41) is 0. The zero-order valence-corrected chi connectivity index (χ0v) is 12.3.